The van der Waals surface area contributed by atoms with E-state index in [2.05, 4.69) is 9.71 Å². The second-order valence-electron chi connectivity index (χ2n) is 5.36. The van der Waals surface area contributed by atoms with Crippen LogP contribution in [-0.4, -0.2) is 50.7 Å². The van der Waals surface area contributed by atoms with Gasteiger partial charge in [-0.05, 0) is 31.2 Å². The molecule has 0 aliphatic rings. The van der Waals surface area contributed by atoms with E-state index in [0.717, 1.165) is 11.3 Å². The first-order valence-electron chi connectivity index (χ1n) is 7.26. The summed E-state index contributed by atoms with van der Waals surface area (Å²) in [5.41, 5.74) is 0.462. The second-order valence-corrected chi connectivity index (χ2v) is 8.20. The highest BCUT2D eigenvalue weighted by molar-refractivity contribution is 7.92. The van der Waals surface area contributed by atoms with Crippen LogP contribution in [-0.2, 0) is 10.0 Å². The SMILES string of the molecule is Cc1nc(NS(=O)(=O)CCOc2ccc(F)cc2)sc1C(=O)N(C)C. The normalized spacial score (nSPS) is 11.2. The van der Waals surface area contributed by atoms with E-state index in [1.807, 2.05) is 0 Å². The first kappa shape index (κ1) is 19.1. The fourth-order valence-electron chi connectivity index (χ4n) is 1.83. The first-order chi connectivity index (χ1) is 11.7. The van der Waals surface area contributed by atoms with E-state index >= 15 is 0 Å². The lowest BCUT2D eigenvalue weighted by Crippen LogP contribution is -2.21. The standard InChI is InChI=1S/C15H18FN3O4S2/c1-10-13(14(20)19(2)3)24-15(17-10)18-25(21,22)9-8-23-12-6-4-11(16)5-7-12/h4-7H,8-9H2,1-3H3,(H,17,18). The number of aryl methyl sites for hydroxylation is 1. The van der Waals surface area contributed by atoms with Crippen LogP contribution in [0.3, 0.4) is 0 Å². The number of ether oxygens (including phenoxy) is 1. The summed E-state index contributed by atoms with van der Waals surface area (Å²) in [6.07, 6.45) is 0. The van der Waals surface area contributed by atoms with Crippen LogP contribution in [0.15, 0.2) is 24.3 Å². The van der Waals surface area contributed by atoms with Gasteiger partial charge in [0.1, 0.15) is 28.8 Å². The first-order valence-corrected chi connectivity index (χ1v) is 9.73. The van der Waals surface area contributed by atoms with Crippen LogP contribution in [0.4, 0.5) is 9.52 Å². The molecule has 0 saturated carbocycles. The Labute approximate surface area is 149 Å². The molecule has 1 aromatic carbocycles. The van der Waals surface area contributed by atoms with Crippen molar-refractivity contribution in [3.63, 3.8) is 0 Å². The minimum atomic E-state index is -3.69. The van der Waals surface area contributed by atoms with Crippen molar-refractivity contribution in [3.8, 4) is 5.75 Å². The molecule has 25 heavy (non-hydrogen) atoms. The van der Waals surface area contributed by atoms with Gasteiger partial charge in [-0.2, -0.15) is 0 Å². The summed E-state index contributed by atoms with van der Waals surface area (Å²) in [5.74, 6) is -0.565. The molecule has 2 rings (SSSR count). The Kier molecular flexibility index (Phi) is 5.96. The molecule has 0 aliphatic carbocycles. The number of nitrogens with one attached hydrogen (secondary N) is 1. The van der Waals surface area contributed by atoms with Gasteiger partial charge in [-0.1, -0.05) is 11.3 Å². The zero-order chi connectivity index (χ0) is 18.6. The maximum absolute atomic E-state index is 12.8. The van der Waals surface area contributed by atoms with E-state index in [4.69, 9.17) is 4.74 Å². The fraction of sp³-hybridized carbons (Fsp3) is 0.333. The molecular weight excluding hydrogens is 369 g/mol. The van der Waals surface area contributed by atoms with Crippen LogP contribution in [0.2, 0.25) is 0 Å². The molecule has 1 N–H and O–H groups in total. The molecule has 0 unspecified atom stereocenters. The fourth-order valence-corrected chi connectivity index (χ4v) is 3.93. The van der Waals surface area contributed by atoms with Crippen molar-refractivity contribution in [1.29, 1.82) is 0 Å². The molecule has 0 spiro atoms. The summed E-state index contributed by atoms with van der Waals surface area (Å²) in [7, 11) is -0.470. The predicted octanol–water partition coefficient (Wildman–Crippen LogP) is 2.11. The van der Waals surface area contributed by atoms with Gasteiger partial charge in [0.2, 0.25) is 10.0 Å². The Hall–Kier alpha value is -2.20. The van der Waals surface area contributed by atoms with Gasteiger partial charge in [-0.25, -0.2) is 17.8 Å². The average Bonchev–Trinajstić information content (AvgIpc) is 2.87. The number of carbonyl (C=O) groups excluding carboxylic acids is 1. The Morgan fingerprint density at radius 2 is 1.96 bits per heavy atom. The van der Waals surface area contributed by atoms with Gasteiger partial charge in [0.25, 0.3) is 5.91 Å². The van der Waals surface area contributed by atoms with Crippen molar-refractivity contribution in [1.82, 2.24) is 9.88 Å². The van der Waals surface area contributed by atoms with Crippen LogP contribution in [0.1, 0.15) is 15.4 Å². The highest BCUT2D eigenvalue weighted by Crippen LogP contribution is 2.24. The number of benzene rings is 1. The smallest absolute Gasteiger partial charge is 0.265 e. The quantitative estimate of drug-likeness (QED) is 0.786. The van der Waals surface area contributed by atoms with Crippen molar-refractivity contribution in [2.75, 3.05) is 31.2 Å². The molecule has 10 heteroatoms. The second kappa shape index (κ2) is 7.79. The molecule has 2 aromatic rings. The summed E-state index contributed by atoms with van der Waals surface area (Å²) in [6.45, 7) is 1.54. The molecule has 1 aromatic heterocycles. The number of anilines is 1. The summed E-state index contributed by atoms with van der Waals surface area (Å²) < 4.78 is 44.6. The number of nitrogens with zero attached hydrogens (tertiary/aromatic N) is 2. The number of thiazole rings is 1. The summed E-state index contributed by atoms with van der Waals surface area (Å²) in [6, 6.07) is 5.28. The van der Waals surface area contributed by atoms with Gasteiger partial charge in [0.05, 0.1) is 5.69 Å². The van der Waals surface area contributed by atoms with Crippen LogP contribution in [0.25, 0.3) is 0 Å². The lowest BCUT2D eigenvalue weighted by molar-refractivity contribution is 0.0831. The Balaban J connectivity index is 1.95. The van der Waals surface area contributed by atoms with Gasteiger partial charge in [0, 0.05) is 14.1 Å². The van der Waals surface area contributed by atoms with Crippen molar-refractivity contribution in [2.24, 2.45) is 0 Å². The number of aromatic nitrogens is 1. The summed E-state index contributed by atoms with van der Waals surface area (Å²) in [5, 5.41) is 0.129. The van der Waals surface area contributed by atoms with E-state index in [-0.39, 0.29) is 23.4 Å². The van der Waals surface area contributed by atoms with Crippen LogP contribution in [0.5, 0.6) is 5.75 Å². The number of rotatable bonds is 7. The summed E-state index contributed by atoms with van der Waals surface area (Å²) in [4.78, 5) is 17.8. The monoisotopic (exact) mass is 387 g/mol. The van der Waals surface area contributed by atoms with E-state index in [1.165, 1.54) is 29.2 Å². The molecule has 1 amide bonds. The van der Waals surface area contributed by atoms with E-state index in [9.17, 15) is 17.6 Å². The molecule has 0 saturated heterocycles. The topological polar surface area (TPSA) is 88.6 Å². The third-order valence-electron chi connectivity index (χ3n) is 3.07. The van der Waals surface area contributed by atoms with Crippen LogP contribution < -0.4 is 9.46 Å². The number of hydrogen-bond donors (Lipinski definition) is 1. The molecule has 0 fully saturated rings. The van der Waals surface area contributed by atoms with E-state index in [0.29, 0.717) is 16.3 Å². The predicted molar refractivity (Wildman–Crippen MR) is 94.2 cm³/mol. The molecule has 136 valence electrons. The van der Waals surface area contributed by atoms with Crippen molar-refractivity contribution in [2.45, 2.75) is 6.92 Å². The zero-order valence-corrected chi connectivity index (χ0v) is 15.6. The third-order valence-corrected chi connectivity index (χ3v) is 5.47. The molecule has 0 radical (unpaired) electrons. The molecule has 0 bridgehead atoms. The average molecular weight is 387 g/mol. The number of hydrogen-bond acceptors (Lipinski definition) is 6. The number of amides is 1. The van der Waals surface area contributed by atoms with Gasteiger partial charge in [0.15, 0.2) is 5.13 Å². The lowest BCUT2D eigenvalue weighted by atomic mass is 10.3. The maximum atomic E-state index is 12.8. The Morgan fingerprint density at radius 1 is 1.32 bits per heavy atom. The Bertz CT molecular complexity index is 848. The molecular formula is C15H18FN3O4S2. The van der Waals surface area contributed by atoms with Crippen LogP contribution in [0, 0.1) is 12.7 Å². The van der Waals surface area contributed by atoms with Gasteiger partial charge < -0.3 is 9.64 Å². The maximum Gasteiger partial charge on any atom is 0.265 e. The van der Waals surface area contributed by atoms with Crippen molar-refractivity contribution >= 4 is 32.4 Å². The van der Waals surface area contributed by atoms with Gasteiger partial charge >= 0.3 is 0 Å². The van der Waals surface area contributed by atoms with E-state index < -0.39 is 15.8 Å². The minimum absolute atomic E-state index is 0.102. The van der Waals surface area contributed by atoms with E-state index in [1.54, 1.807) is 21.0 Å². The molecule has 1 heterocycles. The number of sulfonamides is 1. The highest BCUT2D eigenvalue weighted by Gasteiger charge is 2.20. The third kappa shape index (κ3) is 5.40. The largest absolute Gasteiger partial charge is 0.492 e. The van der Waals surface area contributed by atoms with Gasteiger partial charge in [-0.15, -0.1) is 0 Å². The zero-order valence-electron chi connectivity index (χ0n) is 13.9. The summed E-state index contributed by atoms with van der Waals surface area (Å²) >= 11 is 0.979. The number of halogens is 1. The minimum Gasteiger partial charge on any atom is -0.492 e. The lowest BCUT2D eigenvalue weighted by Gasteiger charge is -2.08. The van der Waals surface area contributed by atoms with Gasteiger partial charge in [-0.3, -0.25) is 9.52 Å². The molecule has 0 atom stereocenters. The molecule has 0 aliphatic heterocycles. The highest BCUT2D eigenvalue weighted by atomic mass is 32.2. The van der Waals surface area contributed by atoms with Crippen molar-refractivity contribution < 1.29 is 22.3 Å². The molecule has 7 nitrogen and oxygen atoms in total. The van der Waals surface area contributed by atoms with Crippen LogP contribution >= 0.6 is 11.3 Å². The Morgan fingerprint density at radius 3 is 2.56 bits per heavy atom. The number of carbonyl (C=O) groups is 1. The van der Waals surface area contributed by atoms with Crippen molar-refractivity contribution in [3.05, 3.63) is 40.7 Å².